The topological polar surface area (TPSA) is 116 Å². The number of sulfonamides is 1. The van der Waals surface area contributed by atoms with Crippen LogP contribution in [0, 0.1) is 5.92 Å². The van der Waals surface area contributed by atoms with Crippen LogP contribution in [0.15, 0.2) is 29.2 Å². The Labute approximate surface area is 153 Å². The molecule has 0 saturated carbocycles. The zero-order chi connectivity index (χ0) is 19.3. The number of carbonyl (C=O) groups is 2. The van der Waals surface area contributed by atoms with Crippen molar-refractivity contribution in [2.24, 2.45) is 5.92 Å². The number of likely N-dealkylation sites (tertiary alicyclic amines) is 1. The molecule has 1 aliphatic heterocycles. The maximum absolute atomic E-state index is 12.4. The van der Waals surface area contributed by atoms with Gasteiger partial charge in [-0.25, -0.2) is 17.9 Å². The van der Waals surface area contributed by atoms with Crippen molar-refractivity contribution in [3.63, 3.8) is 0 Å². The van der Waals surface area contributed by atoms with Gasteiger partial charge in [0.05, 0.1) is 10.8 Å². The summed E-state index contributed by atoms with van der Waals surface area (Å²) < 4.78 is 27.3. The van der Waals surface area contributed by atoms with Crippen molar-refractivity contribution < 1.29 is 23.1 Å². The molecule has 1 saturated heterocycles. The van der Waals surface area contributed by atoms with Gasteiger partial charge in [0.25, 0.3) is 0 Å². The Bertz CT molecular complexity index is 765. The Morgan fingerprint density at radius 1 is 1.38 bits per heavy atom. The summed E-state index contributed by atoms with van der Waals surface area (Å²) in [6.07, 6.45) is 1.83. The minimum atomic E-state index is -3.67. The summed E-state index contributed by atoms with van der Waals surface area (Å²) in [7, 11) is -3.67. The standard InChI is InChI=1S/C17H25N3O5S/c1-3-12(2)19-26(24,25)15-8-4-7-14(10-15)18-17(23)20-9-5-6-13(11-20)16(21)22/h4,7-8,10,12-13,19H,3,5-6,9,11H2,1-2H3,(H,18,23)(H,21,22). The van der Waals surface area contributed by atoms with Gasteiger partial charge in [-0.1, -0.05) is 13.0 Å². The van der Waals surface area contributed by atoms with Crippen molar-refractivity contribution >= 4 is 27.7 Å². The van der Waals surface area contributed by atoms with E-state index in [1.165, 1.54) is 17.0 Å². The molecule has 2 unspecified atom stereocenters. The molecule has 1 heterocycles. The van der Waals surface area contributed by atoms with E-state index in [0.29, 0.717) is 31.5 Å². The number of piperidine rings is 1. The lowest BCUT2D eigenvalue weighted by Gasteiger charge is -2.30. The van der Waals surface area contributed by atoms with Crippen molar-refractivity contribution in [1.29, 1.82) is 0 Å². The fraction of sp³-hybridized carbons (Fsp3) is 0.529. The molecule has 2 rings (SSSR count). The number of benzene rings is 1. The highest BCUT2D eigenvalue weighted by molar-refractivity contribution is 7.89. The molecule has 26 heavy (non-hydrogen) atoms. The minimum Gasteiger partial charge on any atom is -0.481 e. The van der Waals surface area contributed by atoms with E-state index in [-0.39, 0.29) is 17.5 Å². The highest BCUT2D eigenvalue weighted by Crippen LogP contribution is 2.20. The Hall–Kier alpha value is -2.13. The van der Waals surface area contributed by atoms with Crippen LogP contribution in [0.3, 0.4) is 0 Å². The average molecular weight is 383 g/mol. The Kier molecular flexibility index (Phi) is 6.60. The smallest absolute Gasteiger partial charge is 0.321 e. The van der Waals surface area contributed by atoms with Crippen molar-refractivity contribution in [2.45, 2.75) is 44.0 Å². The monoisotopic (exact) mass is 383 g/mol. The van der Waals surface area contributed by atoms with Gasteiger partial charge >= 0.3 is 12.0 Å². The number of hydrogen-bond acceptors (Lipinski definition) is 4. The molecule has 0 spiro atoms. The molecule has 3 N–H and O–H groups in total. The number of nitrogens with one attached hydrogen (secondary N) is 2. The van der Waals surface area contributed by atoms with E-state index in [0.717, 1.165) is 0 Å². The van der Waals surface area contributed by atoms with Gasteiger partial charge in [-0.2, -0.15) is 0 Å². The van der Waals surface area contributed by atoms with Crippen molar-refractivity contribution in [2.75, 3.05) is 18.4 Å². The number of anilines is 1. The van der Waals surface area contributed by atoms with E-state index in [1.54, 1.807) is 19.1 Å². The molecule has 1 aromatic carbocycles. The number of carbonyl (C=O) groups excluding carboxylic acids is 1. The highest BCUT2D eigenvalue weighted by atomic mass is 32.2. The van der Waals surface area contributed by atoms with Crippen molar-refractivity contribution in [3.8, 4) is 0 Å². The molecule has 1 aromatic rings. The minimum absolute atomic E-state index is 0.0673. The Morgan fingerprint density at radius 2 is 2.12 bits per heavy atom. The summed E-state index contributed by atoms with van der Waals surface area (Å²) in [5, 5.41) is 11.8. The summed E-state index contributed by atoms with van der Waals surface area (Å²) in [4.78, 5) is 25.0. The second-order valence-electron chi connectivity index (χ2n) is 6.51. The first-order valence-electron chi connectivity index (χ1n) is 8.64. The van der Waals surface area contributed by atoms with Crippen LogP contribution in [0.5, 0.6) is 0 Å². The molecular weight excluding hydrogens is 358 g/mol. The second kappa shape index (κ2) is 8.50. The largest absolute Gasteiger partial charge is 0.481 e. The van der Waals surface area contributed by atoms with E-state index < -0.39 is 27.9 Å². The van der Waals surface area contributed by atoms with Crippen LogP contribution >= 0.6 is 0 Å². The maximum atomic E-state index is 12.4. The lowest BCUT2D eigenvalue weighted by molar-refractivity contribution is -0.143. The van der Waals surface area contributed by atoms with Crippen LogP contribution in [-0.4, -0.2) is 49.6 Å². The van der Waals surface area contributed by atoms with E-state index in [1.807, 2.05) is 6.92 Å². The van der Waals surface area contributed by atoms with E-state index in [9.17, 15) is 18.0 Å². The number of nitrogens with zero attached hydrogens (tertiary/aromatic N) is 1. The third-order valence-electron chi connectivity index (χ3n) is 4.42. The molecule has 0 aromatic heterocycles. The predicted molar refractivity (Wildman–Crippen MR) is 97.5 cm³/mol. The zero-order valence-corrected chi connectivity index (χ0v) is 15.8. The fourth-order valence-electron chi connectivity index (χ4n) is 2.72. The average Bonchev–Trinajstić information content (AvgIpc) is 2.61. The van der Waals surface area contributed by atoms with E-state index in [4.69, 9.17) is 5.11 Å². The zero-order valence-electron chi connectivity index (χ0n) is 14.9. The summed E-state index contributed by atoms with van der Waals surface area (Å²) in [5.41, 5.74) is 0.347. The van der Waals surface area contributed by atoms with Gasteiger partial charge in [-0.05, 0) is 44.4 Å². The molecule has 9 heteroatoms. The highest BCUT2D eigenvalue weighted by Gasteiger charge is 2.28. The van der Waals surface area contributed by atoms with Gasteiger partial charge in [-0.15, -0.1) is 0 Å². The summed E-state index contributed by atoms with van der Waals surface area (Å²) in [6, 6.07) is 5.37. The van der Waals surface area contributed by atoms with Crippen LogP contribution in [-0.2, 0) is 14.8 Å². The number of carboxylic acid groups (broad SMARTS) is 1. The first kappa shape index (κ1) is 20.2. The van der Waals surface area contributed by atoms with Crippen LogP contribution in [0.25, 0.3) is 0 Å². The Balaban J connectivity index is 2.08. The van der Waals surface area contributed by atoms with E-state index >= 15 is 0 Å². The number of hydrogen-bond donors (Lipinski definition) is 3. The first-order valence-corrected chi connectivity index (χ1v) is 10.1. The molecule has 2 amide bonds. The summed E-state index contributed by atoms with van der Waals surface area (Å²) in [6.45, 7) is 4.28. The van der Waals surface area contributed by atoms with Crippen LogP contribution in [0.4, 0.5) is 10.5 Å². The Morgan fingerprint density at radius 3 is 2.77 bits per heavy atom. The fourth-order valence-corrected chi connectivity index (χ4v) is 4.10. The van der Waals surface area contributed by atoms with Gasteiger partial charge in [0, 0.05) is 24.8 Å². The molecule has 0 bridgehead atoms. The number of urea groups is 1. The molecule has 8 nitrogen and oxygen atoms in total. The third-order valence-corrected chi connectivity index (χ3v) is 6.01. The number of aliphatic carboxylic acids is 1. The van der Waals surface area contributed by atoms with Crippen LogP contribution < -0.4 is 10.0 Å². The van der Waals surface area contributed by atoms with Gasteiger partial charge in [0.15, 0.2) is 0 Å². The van der Waals surface area contributed by atoms with Gasteiger partial charge in [0.1, 0.15) is 0 Å². The number of rotatable bonds is 6. The van der Waals surface area contributed by atoms with Crippen LogP contribution in [0.2, 0.25) is 0 Å². The molecule has 2 atom stereocenters. The lowest BCUT2D eigenvalue weighted by atomic mass is 9.99. The van der Waals surface area contributed by atoms with Gasteiger partial charge < -0.3 is 15.3 Å². The summed E-state index contributed by atoms with van der Waals surface area (Å²) in [5.74, 6) is -1.48. The normalized spacial score (nSPS) is 19.0. The van der Waals surface area contributed by atoms with E-state index in [2.05, 4.69) is 10.0 Å². The van der Waals surface area contributed by atoms with Crippen molar-refractivity contribution in [3.05, 3.63) is 24.3 Å². The molecule has 0 aliphatic carbocycles. The third kappa shape index (κ3) is 5.18. The number of amides is 2. The predicted octanol–water partition coefficient (Wildman–Crippen LogP) is 2.09. The summed E-state index contributed by atoms with van der Waals surface area (Å²) >= 11 is 0. The first-order chi connectivity index (χ1) is 12.2. The molecule has 1 fully saturated rings. The molecule has 0 radical (unpaired) electrons. The van der Waals surface area contributed by atoms with Gasteiger partial charge in [-0.3, -0.25) is 4.79 Å². The number of carboxylic acids is 1. The second-order valence-corrected chi connectivity index (χ2v) is 8.23. The molecular formula is C17H25N3O5S. The van der Waals surface area contributed by atoms with Crippen molar-refractivity contribution in [1.82, 2.24) is 9.62 Å². The maximum Gasteiger partial charge on any atom is 0.321 e. The molecule has 1 aliphatic rings. The lowest BCUT2D eigenvalue weighted by Crippen LogP contribution is -2.44. The van der Waals surface area contributed by atoms with Gasteiger partial charge in [0.2, 0.25) is 10.0 Å². The van der Waals surface area contributed by atoms with Crippen LogP contribution in [0.1, 0.15) is 33.1 Å². The molecule has 144 valence electrons. The SMILES string of the molecule is CCC(C)NS(=O)(=O)c1cccc(NC(=O)N2CCCC(C(=O)O)C2)c1. The quantitative estimate of drug-likeness (QED) is 0.696.